The van der Waals surface area contributed by atoms with Gasteiger partial charge in [-0.15, -0.1) is 0 Å². The van der Waals surface area contributed by atoms with Crippen molar-refractivity contribution < 1.29 is 39.3 Å². The Hall–Kier alpha value is -4.24. The topological polar surface area (TPSA) is 171 Å². The summed E-state index contributed by atoms with van der Waals surface area (Å²) in [7, 11) is 0. The number of rotatable bonds is 20. The number of aromatic carboxylic acids is 2. The molecule has 0 aliphatic carbocycles. The van der Waals surface area contributed by atoms with Crippen molar-refractivity contribution >= 4 is 46.7 Å². The molecule has 0 radical (unpaired) electrons. The zero-order valence-corrected chi connectivity index (χ0v) is 35.2. The number of hydrogen-bond acceptors (Lipinski definition) is 8. The van der Waals surface area contributed by atoms with E-state index in [-0.39, 0.29) is 52.9 Å². The second-order valence-corrected chi connectivity index (χ2v) is 12.9. The summed E-state index contributed by atoms with van der Waals surface area (Å²) in [5, 5.41) is 34.6. The zero-order valence-electron chi connectivity index (χ0n) is 31.8. The summed E-state index contributed by atoms with van der Waals surface area (Å²) in [6, 6.07) is 14.2. The Labute approximate surface area is 372 Å². The van der Waals surface area contributed by atoms with Crippen LogP contribution in [0.4, 0.5) is 0 Å². The molecule has 58 heavy (non-hydrogen) atoms. The molecule has 2 N–H and O–H groups in total. The normalized spacial score (nSPS) is 9.14. The van der Waals surface area contributed by atoms with Gasteiger partial charge in [0.2, 0.25) is 0 Å². The van der Waals surface area contributed by atoms with Crippen LogP contribution in [0.3, 0.4) is 0 Å². The minimum absolute atomic E-state index is 0. The standard InChI is InChI=1S/C28H44N2.C12H8N2O4.2CNS.3CH4.Ru/c1-3-5-7-9-11-13-15-17-25-19-21-29-27(23-25)28-24-26(20-22-30-28)18-16-14-12-10-8-6-4-2;15-11(16)7-1-3-13-9(5-7)10-6-8(12(17)18)2-4-14-10;2*2-1-3;;;;/h19-24H,3-18H2,1-2H3;1-6H,(H,15,16)(H,17,18);;;3*1H4;/q;;2*-1;;;;+2. The first-order chi connectivity index (χ1) is 26.2. The predicted molar refractivity (Wildman–Crippen MR) is 244 cm³/mol. The van der Waals surface area contributed by atoms with Crippen molar-refractivity contribution in [2.75, 3.05) is 0 Å². The van der Waals surface area contributed by atoms with Gasteiger partial charge in [-0.05, 0) is 85.3 Å². The number of pyridine rings is 4. The Morgan fingerprint density at radius 1 is 0.517 bits per heavy atom. The molecule has 0 spiro atoms. The summed E-state index contributed by atoms with van der Waals surface area (Å²) in [6.45, 7) is 4.56. The van der Waals surface area contributed by atoms with E-state index in [1.165, 1.54) is 148 Å². The predicted octanol–water partition coefficient (Wildman–Crippen LogP) is 13.5. The van der Waals surface area contributed by atoms with E-state index >= 15 is 0 Å². The fraction of sp³-hybridized carbons (Fsp3) is 0.467. The van der Waals surface area contributed by atoms with E-state index in [0.717, 1.165) is 24.2 Å². The molecule has 0 aliphatic heterocycles. The molecule has 13 heteroatoms. The minimum atomic E-state index is -1.08. The van der Waals surface area contributed by atoms with Gasteiger partial charge < -0.3 is 21.0 Å². The molecule has 318 valence electrons. The van der Waals surface area contributed by atoms with Crippen LogP contribution in [0.15, 0.2) is 73.3 Å². The third kappa shape index (κ3) is 27.4. The van der Waals surface area contributed by atoms with Gasteiger partial charge in [-0.3, -0.25) is 19.9 Å². The number of hydrogen-bond donors (Lipinski definition) is 2. The SMILES string of the molecule is C.C.C.CCCCCCCCCc1ccnc(-c2cc(CCCCCCCCC)ccn2)c1.O=C(O)c1ccnc(-c2cc(C(=O)O)ccn2)c1.[N-]=C=S.[N-]=C=S.[Ru+2]. The van der Waals surface area contributed by atoms with Gasteiger partial charge in [0.05, 0.1) is 33.9 Å². The van der Waals surface area contributed by atoms with E-state index in [1.54, 1.807) is 0 Å². The largest absolute Gasteiger partial charge is 2.00 e. The fourth-order valence-electron chi connectivity index (χ4n) is 5.52. The Bertz CT molecular complexity index is 1620. The summed E-state index contributed by atoms with van der Waals surface area (Å²) in [4.78, 5) is 38.8. The molecular formula is C45H64N6O4RuS2. The van der Waals surface area contributed by atoms with Crippen LogP contribution in [0.2, 0.25) is 0 Å². The molecule has 0 aliphatic rings. The number of thiocarbonyl (C=S) groups is 2. The van der Waals surface area contributed by atoms with Gasteiger partial charge in [0, 0.05) is 24.8 Å². The Kier molecular flexibility index (Phi) is 41.2. The van der Waals surface area contributed by atoms with Gasteiger partial charge in [-0.2, -0.15) is 10.3 Å². The van der Waals surface area contributed by atoms with Crippen LogP contribution in [-0.4, -0.2) is 52.4 Å². The van der Waals surface area contributed by atoms with E-state index in [0.29, 0.717) is 11.4 Å². The van der Waals surface area contributed by atoms with Crippen molar-refractivity contribution in [1.82, 2.24) is 19.9 Å². The maximum atomic E-state index is 10.8. The number of carboxylic acids is 2. The molecular weight excluding hydrogens is 854 g/mol. The van der Waals surface area contributed by atoms with Crippen LogP contribution in [0.1, 0.15) is 158 Å². The van der Waals surface area contributed by atoms with Crippen LogP contribution in [-0.2, 0) is 32.3 Å². The van der Waals surface area contributed by atoms with Crippen LogP contribution in [0.25, 0.3) is 33.6 Å². The van der Waals surface area contributed by atoms with Gasteiger partial charge in [0.1, 0.15) is 0 Å². The van der Waals surface area contributed by atoms with Gasteiger partial charge in [-0.1, -0.05) is 138 Å². The van der Waals surface area contributed by atoms with E-state index in [2.05, 4.69) is 82.5 Å². The number of carboxylic acid groups (broad SMARTS) is 2. The summed E-state index contributed by atoms with van der Waals surface area (Å²) in [5.74, 6) is -2.15. The van der Waals surface area contributed by atoms with Gasteiger partial charge in [0.25, 0.3) is 0 Å². The Morgan fingerprint density at radius 2 is 0.776 bits per heavy atom. The molecule has 4 rings (SSSR count). The monoisotopic (exact) mass is 918 g/mol. The first kappa shape index (κ1) is 60.4. The molecule has 0 amide bonds. The van der Waals surface area contributed by atoms with Crippen molar-refractivity contribution in [3.63, 3.8) is 0 Å². The Morgan fingerprint density at radius 3 is 1.07 bits per heavy atom. The van der Waals surface area contributed by atoms with E-state index in [4.69, 9.17) is 21.0 Å². The number of aromatic nitrogens is 4. The maximum absolute atomic E-state index is 10.8. The van der Waals surface area contributed by atoms with Crippen molar-refractivity contribution in [3.8, 4) is 22.8 Å². The van der Waals surface area contributed by atoms with Gasteiger partial charge >= 0.3 is 31.4 Å². The first-order valence-electron chi connectivity index (χ1n) is 18.6. The second kappa shape index (κ2) is 39.6. The van der Waals surface area contributed by atoms with Crippen LogP contribution < -0.4 is 0 Å². The first-order valence-corrected chi connectivity index (χ1v) is 19.4. The molecule has 0 saturated carbocycles. The number of unbranched alkanes of at least 4 members (excludes halogenated alkanes) is 12. The van der Waals surface area contributed by atoms with Gasteiger partial charge in [-0.25, -0.2) is 9.59 Å². The van der Waals surface area contributed by atoms with Crippen molar-refractivity contribution in [1.29, 1.82) is 0 Å². The van der Waals surface area contributed by atoms with Crippen molar-refractivity contribution in [2.24, 2.45) is 0 Å². The Balaban J connectivity index is -0.000000447. The van der Waals surface area contributed by atoms with Crippen LogP contribution in [0, 0.1) is 0 Å². The summed E-state index contributed by atoms with van der Waals surface area (Å²) < 4.78 is 0. The molecule has 10 nitrogen and oxygen atoms in total. The molecule has 4 aromatic rings. The fourth-order valence-corrected chi connectivity index (χ4v) is 5.52. The summed E-state index contributed by atoms with van der Waals surface area (Å²) >= 11 is 7.40. The zero-order chi connectivity index (χ0) is 39.8. The van der Waals surface area contributed by atoms with Crippen LogP contribution in [0.5, 0.6) is 0 Å². The average Bonchev–Trinajstić information content (AvgIpc) is 3.18. The van der Waals surface area contributed by atoms with Crippen molar-refractivity contribution in [2.45, 2.75) is 139 Å². The smallest absolute Gasteiger partial charge is 0.753 e. The molecule has 0 bridgehead atoms. The number of carbonyl (C=O) groups is 2. The van der Waals surface area contributed by atoms with E-state index in [9.17, 15) is 9.59 Å². The van der Waals surface area contributed by atoms with Gasteiger partial charge in [0.15, 0.2) is 0 Å². The summed E-state index contributed by atoms with van der Waals surface area (Å²) in [6.07, 6.45) is 27.9. The number of nitrogens with zero attached hydrogens (tertiary/aromatic N) is 6. The average molecular weight is 918 g/mol. The quantitative estimate of drug-likeness (QED) is 0.0376. The molecule has 0 atom stereocenters. The molecule has 4 aromatic heterocycles. The molecule has 4 heterocycles. The van der Waals surface area contributed by atoms with E-state index < -0.39 is 11.9 Å². The third-order valence-corrected chi connectivity index (χ3v) is 8.33. The second-order valence-electron chi connectivity index (χ2n) is 12.5. The molecule has 0 fully saturated rings. The van der Waals surface area contributed by atoms with E-state index in [1.807, 2.05) is 12.4 Å². The number of aryl methyl sites for hydroxylation is 2. The molecule has 0 aromatic carbocycles. The van der Waals surface area contributed by atoms with Crippen molar-refractivity contribution in [3.05, 3.63) is 106 Å². The third-order valence-electron chi connectivity index (χ3n) is 8.33. The summed E-state index contributed by atoms with van der Waals surface area (Å²) in [5.41, 5.74) is 5.62. The minimum Gasteiger partial charge on any atom is -0.753 e. The molecule has 0 unspecified atom stereocenters. The maximum Gasteiger partial charge on any atom is 2.00 e. The van der Waals surface area contributed by atoms with Crippen LogP contribution >= 0.6 is 24.4 Å². The number of isothiocyanates is 2. The molecule has 0 saturated heterocycles.